The molecule has 0 aliphatic carbocycles. The molecule has 0 aromatic rings. The molecule has 0 N–H and O–H groups in total. The van der Waals surface area contributed by atoms with Crippen LogP contribution in [-0.2, 0) is 0 Å². The minimum atomic E-state index is -0.628. The predicted octanol–water partition coefficient (Wildman–Crippen LogP) is 1.75. The van der Waals surface area contributed by atoms with Crippen LogP contribution in [0.5, 0.6) is 0 Å². The van der Waals surface area contributed by atoms with Crippen LogP contribution in [0.15, 0.2) is 12.2 Å². The third-order valence-corrected chi connectivity index (χ3v) is 3.18. The number of nitrogens with zero attached hydrogens (tertiary/aromatic N) is 1. The summed E-state index contributed by atoms with van der Waals surface area (Å²) in [5.41, 5.74) is 1.22. The van der Waals surface area contributed by atoms with Crippen molar-refractivity contribution in [1.29, 1.82) is 0 Å². The van der Waals surface area contributed by atoms with E-state index in [2.05, 4.69) is 18.4 Å². The van der Waals surface area contributed by atoms with Crippen LogP contribution >= 0.6 is 0 Å². The fourth-order valence-corrected chi connectivity index (χ4v) is 2.31. The Bertz CT molecular complexity index is 202. The molecule has 0 bridgehead atoms. The van der Waals surface area contributed by atoms with E-state index in [4.69, 9.17) is 0 Å². The largest absolute Gasteiger partial charge is 0.291 e. The molecule has 1 nitrogen and oxygen atoms in total. The van der Waals surface area contributed by atoms with Crippen molar-refractivity contribution in [3.63, 3.8) is 0 Å². The van der Waals surface area contributed by atoms with Crippen molar-refractivity contribution in [2.75, 3.05) is 13.1 Å². The molecule has 2 saturated heterocycles. The molecule has 0 radical (unpaired) electrons. The maximum absolute atomic E-state index is 13.0. The van der Waals surface area contributed by atoms with Gasteiger partial charge < -0.3 is 0 Å². The summed E-state index contributed by atoms with van der Waals surface area (Å²) < 4.78 is 13.0. The number of hydrogen-bond acceptors (Lipinski definition) is 1. The molecule has 0 aromatic carbocycles. The highest BCUT2D eigenvalue weighted by Crippen LogP contribution is 2.42. The molecular weight excluding hydrogens is 141 g/mol. The van der Waals surface area contributed by atoms with Gasteiger partial charge in [0.05, 0.1) is 0 Å². The highest BCUT2D eigenvalue weighted by molar-refractivity contribution is 5.24. The minimum Gasteiger partial charge on any atom is -0.291 e. The fraction of sp³-hybridized carbons (Fsp3) is 0.778. The van der Waals surface area contributed by atoms with Gasteiger partial charge >= 0.3 is 0 Å². The molecule has 2 heterocycles. The van der Waals surface area contributed by atoms with E-state index in [1.54, 1.807) is 0 Å². The van der Waals surface area contributed by atoms with Crippen LogP contribution in [0.1, 0.15) is 19.8 Å². The van der Waals surface area contributed by atoms with Gasteiger partial charge in [-0.3, -0.25) is 4.90 Å². The molecule has 2 fully saturated rings. The Hall–Kier alpha value is -0.370. The fourth-order valence-electron chi connectivity index (χ4n) is 2.31. The molecule has 2 rings (SSSR count). The summed E-state index contributed by atoms with van der Waals surface area (Å²) in [6.45, 7) is 7.74. The number of alkyl halides is 1. The molecular formula is C9H14FN. The first-order valence-electron chi connectivity index (χ1n) is 4.20. The van der Waals surface area contributed by atoms with Gasteiger partial charge in [0.15, 0.2) is 0 Å². The zero-order chi connectivity index (χ0) is 8.06. The molecule has 0 saturated carbocycles. The van der Waals surface area contributed by atoms with E-state index in [0.29, 0.717) is 13.0 Å². The van der Waals surface area contributed by atoms with Crippen molar-refractivity contribution in [3.8, 4) is 0 Å². The quantitative estimate of drug-likeness (QED) is 0.482. The van der Waals surface area contributed by atoms with E-state index in [1.165, 1.54) is 5.57 Å². The molecule has 2 aliphatic rings. The normalized spacial score (nSPS) is 44.9. The van der Waals surface area contributed by atoms with Crippen LogP contribution in [0.4, 0.5) is 4.39 Å². The average Bonchev–Trinajstić information content (AvgIpc) is 2.32. The van der Waals surface area contributed by atoms with Gasteiger partial charge in [-0.15, -0.1) is 0 Å². The van der Waals surface area contributed by atoms with Gasteiger partial charge in [-0.1, -0.05) is 12.2 Å². The maximum Gasteiger partial charge on any atom is 0.115 e. The highest BCUT2D eigenvalue weighted by atomic mass is 19.1. The lowest BCUT2D eigenvalue weighted by molar-refractivity contribution is 0.240. The monoisotopic (exact) mass is 155 g/mol. The molecule has 2 aliphatic heterocycles. The summed E-state index contributed by atoms with van der Waals surface area (Å²) in [6.07, 6.45) is 1.09. The van der Waals surface area contributed by atoms with E-state index in [-0.39, 0.29) is 5.54 Å². The second-order valence-electron chi connectivity index (χ2n) is 3.87. The van der Waals surface area contributed by atoms with Gasteiger partial charge in [0, 0.05) is 25.0 Å². The summed E-state index contributed by atoms with van der Waals surface area (Å²) in [5.74, 6) is 0. The van der Waals surface area contributed by atoms with Gasteiger partial charge in [-0.2, -0.15) is 0 Å². The summed E-state index contributed by atoms with van der Waals surface area (Å²) in [4.78, 5) is 2.22. The molecule has 1 unspecified atom stereocenters. The first-order chi connectivity index (χ1) is 5.13. The smallest absolute Gasteiger partial charge is 0.115 e. The SMILES string of the molecule is C=C1CCN2CC(F)C[C@@]12C. The van der Waals surface area contributed by atoms with E-state index >= 15 is 0 Å². The van der Waals surface area contributed by atoms with Crippen molar-refractivity contribution in [3.05, 3.63) is 12.2 Å². The van der Waals surface area contributed by atoms with Gasteiger partial charge in [0.2, 0.25) is 0 Å². The van der Waals surface area contributed by atoms with E-state index in [1.807, 2.05) is 0 Å². The second kappa shape index (κ2) is 2.07. The maximum atomic E-state index is 13.0. The van der Waals surface area contributed by atoms with E-state index in [9.17, 15) is 4.39 Å². The third-order valence-electron chi connectivity index (χ3n) is 3.18. The van der Waals surface area contributed by atoms with Crippen LogP contribution in [0.2, 0.25) is 0 Å². The predicted molar refractivity (Wildman–Crippen MR) is 43.2 cm³/mol. The highest BCUT2D eigenvalue weighted by Gasteiger charge is 2.47. The topological polar surface area (TPSA) is 3.24 Å². The Morgan fingerprint density at radius 1 is 1.73 bits per heavy atom. The molecule has 0 amide bonds. The lowest BCUT2D eigenvalue weighted by Gasteiger charge is -2.27. The van der Waals surface area contributed by atoms with Crippen molar-refractivity contribution in [1.82, 2.24) is 4.90 Å². The zero-order valence-electron chi connectivity index (χ0n) is 6.94. The van der Waals surface area contributed by atoms with Crippen LogP contribution in [-0.4, -0.2) is 29.7 Å². The van der Waals surface area contributed by atoms with Gasteiger partial charge in [0.1, 0.15) is 6.17 Å². The lowest BCUT2D eigenvalue weighted by atomic mass is 9.92. The second-order valence-corrected chi connectivity index (χ2v) is 3.87. The zero-order valence-corrected chi connectivity index (χ0v) is 6.94. The number of halogens is 1. The Balaban J connectivity index is 2.26. The first-order valence-corrected chi connectivity index (χ1v) is 4.20. The van der Waals surface area contributed by atoms with Crippen molar-refractivity contribution < 1.29 is 4.39 Å². The van der Waals surface area contributed by atoms with Crippen LogP contribution < -0.4 is 0 Å². The molecule has 2 atom stereocenters. The molecule has 11 heavy (non-hydrogen) atoms. The van der Waals surface area contributed by atoms with Gasteiger partial charge in [0.25, 0.3) is 0 Å². The third kappa shape index (κ3) is 0.853. The molecule has 0 spiro atoms. The first kappa shape index (κ1) is 7.29. The summed E-state index contributed by atoms with van der Waals surface area (Å²) >= 11 is 0. The Kier molecular flexibility index (Phi) is 1.37. The Labute approximate surface area is 66.9 Å². The van der Waals surface area contributed by atoms with Crippen molar-refractivity contribution in [2.45, 2.75) is 31.5 Å². The van der Waals surface area contributed by atoms with Gasteiger partial charge in [-0.05, 0) is 13.3 Å². The van der Waals surface area contributed by atoms with Crippen molar-refractivity contribution in [2.24, 2.45) is 0 Å². The van der Waals surface area contributed by atoms with Gasteiger partial charge in [-0.25, -0.2) is 4.39 Å². The summed E-state index contributed by atoms with van der Waals surface area (Å²) in [6, 6.07) is 0. The van der Waals surface area contributed by atoms with Crippen LogP contribution in [0.25, 0.3) is 0 Å². The number of rotatable bonds is 0. The Morgan fingerprint density at radius 2 is 2.45 bits per heavy atom. The van der Waals surface area contributed by atoms with Crippen LogP contribution in [0.3, 0.4) is 0 Å². The summed E-state index contributed by atoms with van der Waals surface area (Å²) in [7, 11) is 0. The number of fused-ring (bicyclic) bond motifs is 1. The Morgan fingerprint density at radius 3 is 3.09 bits per heavy atom. The van der Waals surface area contributed by atoms with E-state index in [0.717, 1.165) is 13.0 Å². The standard InChI is InChI=1S/C9H14FN/c1-7-3-4-11-6-8(10)5-9(7,11)2/h8H,1,3-6H2,2H3/t8?,9-/m0/s1. The number of hydrogen-bond donors (Lipinski definition) is 0. The minimum absolute atomic E-state index is 0.000579. The van der Waals surface area contributed by atoms with Crippen LogP contribution in [0, 0.1) is 0 Å². The molecule has 2 heteroatoms. The lowest BCUT2D eigenvalue weighted by Crippen LogP contribution is -2.35. The average molecular weight is 155 g/mol. The van der Waals surface area contributed by atoms with E-state index < -0.39 is 6.17 Å². The summed E-state index contributed by atoms with van der Waals surface area (Å²) in [5, 5.41) is 0. The molecule has 62 valence electrons. The van der Waals surface area contributed by atoms with Crippen molar-refractivity contribution >= 4 is 0 Å². The molecule has 0 aromatic heterocycles.